The molecule has 1 aromatic carbocycles. The molecule has 6 heteroatoms. The first-order valence-corrected chi connectivity index (χ1v) is 11.1. The molecule has 0 unspecified atom stereocenters. The molecule has 1 aromatic rings. The number of carbonyl (C=O) groups excluding carboxylic acids is 2. The van der Waals surface area contributed by atoms with Gasteiger partial charge in [0.15, 0.2) is 0 Å². The fourth-order valence-electron chi connectivity index (χ4n) is 3.73. The largest absolute Gasteiger partial charge is 1.00 e. The summed E-state index contributed by atoms with van der Waals surface area (Å²) in [5.41, 5.74) is 0.0145. The van der Waals surface area contributed by atoms with Crippen molar-refractivity contribution in [2.45, 2.75) is 103 Å². The van der Waals surface area contributed by atoms with Gasteiger partial charge in [0.2, 0.25) is 0 Å². The van der Waals surface area contributed by atoms with Gasteiger partial charge >= 0.3 is 59.1 Å². The van der Waals surface area contributed by atoms with E-state index < -0.39 is 11.9 Å². The van der Waals surface area contributed by atoms with Crippen molar-refractivity contribution >= 4 is 11.9 Å². The normalized spacial score (nSPS) is 10.2. The molecule has 0 fully saturated rings. The number of aromatic carboxylic acids is 2. The smallest absolute Gasteiger partial charge is 0.545 e. The number of rotatable bonds is 17. The van der Waals surface area contributed by atoms with Gasteiger partial charge in [0.1, 0.15) is 0 Å². The third kappa shape index (κ3) is 14.3. The Bertz CT molecular complexity index is 591. The maximum atomic E-state index is 11.3. The monoisotopic (exact) mass is 434 g/mol. The summed E-state index contributed by atoms with van der Waals surface area (Å²) in [5.74, 6) is -2.91. The topological polar surface area (TPSA) is 80.3 Å². The van der Waals surface area contributed by atoms with Crippen LogP contribution in [0, 0.1) is 0 Å². The molecule has 0 saturated heterocycles. The molecule has 158 valence electrons. The van der Waals surface area contributed by atoms with E-state index in [1.165, 1.54) is 76.7 Å². The summed E-state index contributed by atoms with van der Waals surface area (Å²) in [6.45, 7) is 2.25. The third-order valence-electron chi connectivity index (χ3n) is 5.37. The summed E-state index contributed by atoms with van der Waals surface area (Å²) in [5, 5.41) is 22.4. The van der Waals surface area contributed by atoms with Crippen molar-refractivity contribution in [1.29, 1.82) is 0 Å². The Hall–Kier alpha value is 0.160. The molecule has 30 heavy (non-hydrogen) atoms. The third-order valence-corrected chi connectivity index (χ3v) is 5.37. The molecule has 0 saturated carbocycles. The van der Waals surface area contributed by atoms with Gasteiger partial charge < -0.3 is 19.8 Å². The van der Waals surface area contributed by atoms with Crippen LogP contribution in [0.2, 0.25) is 0 Å². The summed E-state index contributed by atoms with van der Waals surface area (Å²) in [4.78, 5) is 22.4. The molecule has 4 nitrogen and oxygen atoms in total. The van der Waals surface area contributed by atoms with Crippen molar-refractivity contribution in [3.63, 3.8) is 0 Å². The first-order valence-electron chi connectivity index (χ1n) is 11.1. The van der Waals surface area contributed by atoms with Crippen LogP contribution in [0.15, 0.2) is 18.2 Å². The molecule has 0 aliphatic carbocycles. The molecule has 1 rings (SSSR count). The van der Waals surface area contributed by atoms with Gasteiger partial charge in [-0.25, -0.2) is 0 Å². The van der Waals surface area contributed by atoms with E-state index in [4.69, 9.17) is 0 Å². The Balaban J connectivity index is 0. The predicted octanol–water partition coefficient (Wildman–Crippen LogP) is -1.55. The quantitative estimate of drug-likeness (QED) is 0.220. The standard InChI is InChI=1S/C24H38O4.2Na/c1-2-3-4-5-6-7-8-9-10-11-12-13-14-15-17-20-18-16-19-21(23(25)26)22(20)24(27)28;;/h16,18-19H,2-15,17H2,1H3,(H,25,26)(H,27,28);;/q;2*+1/p-2. The molecular formula is C24H36Na2O4. The minimum absolute atomic E-state index is 0. The van der Waals surface area contributed by atoms with Crippen LogP contribution in [0.3, 0.4) is 0 Å². The summed E-state index contributed by atoms with van der Waals surface area (Å²) in [7, 11) is 0. The van der Waals surface area contributed by atoms with Crippen molar-refractivity contribution in [1.82, 2.24) is 0 Å². The number of benzene rings is 1. The second-order valence-electron chi connectivity index (χ2n) is 7.76. The molecule has 0 aliphatic rings. The number of hydrogen-bond donors (Lipinski definition) is 0. The van der Waals surface area contributed by atoms with Crippen molar-refractivity contribution < 1.29 is 78.9 Å². The fourth-order valence-corrected chi connectivity index (χ4v) is 3.73. The molecule has 0 spiro atoms. The van der Waals surface area contributed by atoms with Crippen LogP contribution < -0.4 is 69.3 Å². The zero-order valence-corrected chi connectivity index (χ0v) is 23.5. The summed E-state index contributed by atoms with van der Waals surface area (Å²) in [6, 6.07) is 4.49. The maximum absolute atomic E-state index is 11.3. The van der Waals surface area contributed by atoms with Crippen molar-refractivity contribution in [3.8, 4) is 0 Å². The average molecular weight is 435 g/mol. The number of aryl methyl sites for hydroxylation is 1. The zero-order chi connectivity index (χ0) is 20.6. The van der Waals surface area contributed by atoms with Gasteiger partial charge in [-0.15, -0.1) is 0 Å². The molecule has 0 radical (unpaired) electrons. The maximum Gasteiger partial charge on any atom is 1.00 e. The van der Waals surface area contributed by atoms with Crippen LogP contribution >= 0.6 is 0 Å². The first kappa shape index (κ1) is 32.3. The van der Waals surface area contributed by atoms with Gasteiger partial charge in [-0.3, -0.25) is 0 Å². The van der Waals surface area contributed by atoms with Crippen LogP contribution in [0.25, 0.3) is 0 Å². The van der Waals surface area contributed by atoms with Crippen molar-refractivity contribution in [3.05, 3.63) is 34.9 Å². The van der Waals surface area contributed by atoms with Crippen LogP contribution in [0.4, 0.5) is 0 Å². The zero-order valence-electron chi connectivity index (χ0n) is 19.5. The van der Waals surface area contributed by atoms with E-state index in [2.05, 4.69) is 6.92 Å². The SMILES string of the molecule is CCCCCCCCCCCCCCCCc1cccc(C(=O)[O-])c1C(=O)[O-].[Na+].[Na+]. The van der Waals surface area contributed by atoms with Crippen molar-refractivity contribution in [2.75, 3.05) is 0 Å². The van der Waals surface area contributed by atoms with E-state index in [0.29, 0.717) is 12.0 Å². The number of carboxylic acid groups (broad SMARTS) is 2. The Kier molecular flexibility index (Phi) is 22.7. The number of carbonyl (C=O) groups is 2. The van der Waals surface area contributed by atoms with E-state index in [1.807, 2.05) is 0 Å². The number of unbranched alkanes of at least 4 members (excludes halogenated alkanes) is 13. The number of carboxylic acids is 2. The second-order valence-corrected chi connectivity index (χ2v) is 7.76. The number of hydrogen-bond acceptors (Lipinski definition) is 4. The predicted molar refractivity (Wildman–Crippen MR) is 109 cm³/mol. The fraction of sp³-hybridized carbons (Fsp3) is 0.667. The molecule has 0 N–H and O–H groups in total. The van der Waals surface area contributed by atoms with E-state index in [9.17, 15) is 19.8 Å². The van der Waals surface area contributed by atoms with Gasteiger partial charge in [0.05, 0.1) is 11.9 Å². The van der Waals surface area contributed by atoms with Gasteiger partial charge in [0.25, 0.3) is 0 Å². The van der Waals surface area contributed by atoms with E-state index in [0.717, 1.165) is 19.3 Å². The van der Waals surface area contributed by atoms with Crippen LogP contribution in [0.5, 0.6) is 0 Å². The Morgan fingerprint density at radius 1 is 0.667 bits per heavy atom. The van der Waals surface area contributed by atoms with Crippen LogP contribution in [-0.2, 0) is 6.42 Å². The Labute approximate surface area is 227 Å². The minimum Gasteiger partial charge on any atom is -0.545 e. The molecule has 0 atom stereocenters. The van der Waals surface area contributed by atoms with Crippen LogP contribution in [-0.4, -0.2) is 11.9 Å². The van der Waals surface area contributed by atoms with Gasteiger partial charge in [0, 0.05) is 11.1 Å². The first-order chi connectivity index (χ1) is 13.6. The summed E-state index contributed by atoms with van der Waals surface area (Å²) in [6.07, 6.45) is 18.3. The molecule has 0 aliphatic heterocycles. The molecule has 0 amide bonds. The van der Waals surface area contributed by atoms with E-state index in [-0.39, 0.29) is 70.2 Å². The molecular weight excluding hydrogens is 398 g/mol. The molecule has 0 aromatic heterocycles. The molecule has 0 heterocycles. The van der Waals surface area contributed by atoms with E-state index >= 15 is 0 Å². The molecule has 0 bridgehead atoms. The van der Waals surface area contributed by atoms with Crippen molar-refractivity contribution in [2.24, 2.45) is 0 Å². The van der Waals surface area contributed by atoms with Gasteiger partial charge in [-0.1, -0.05) is 109 Å². The Morgan fingerprint density at radius 2 is 1.10 bits per heavy atom. The van der Waals surface area contributed by atoms with E-state index in [1.54, 1.807) is 12.1 Å². The minimum atomic E-state index is -1.47. The Morgan fingerprint density at radius 3 is 1.50 bits per heavy atom. The van der Waals surface area contributed by atoms with Crippen LogP contribution in [0.1, 0.15) is 123 Å². The summed E-state index contributed by atoms with van der Waals surface area (Å²) >= 11 is 0. The summed E-state index contributed by atoms with van der Waals surface area (Å²) < 4.78 is 0. The van der Waals surface area contributed by atoms with Gasteiger partial charge in [-0.2, -0.15) is 0 Å². The average Bonchev–Trinajstić information content (AvgIpc) is 2.67. The second kappa shape index (κ2) is 21.0. The van der Waals surface area contributed by atoms with Gasteiger partial charge in [-0.05, 0) is 18.4 Å².